The first-order valence-electron chi connectivity index (χ1n) is 2.92. The van der Waals surface area contributed by atoms with E-state index in [4.69, 9.17) is 5.11 Å². The van der Waals surface area contributed by atoms with E-state index in [1.165, 1.54) is 0 Å². The Hall–Kier alpha value is -0.910. The van der Waals surface area contributed by atoms with Gasteiger partial charge in [0.15, 0.2) is 0 Å². The van der Waals surface area contributed by atoms with Gasteiger partial charge >= 0.3 is 0 Å². The molecule has 0 aliphatic carbocycles. The highest BCUT2D eigenvalue weighted by molar-refractivity contribution is 9.10. The SMILES string of the molecule is O=c1[nH]cc(O)c(Br)c1C(F)F. The molecule has 0 amide bonds. The summed E-state index contributed by atoms with van der Waals surface area (Å²) in [5, 5.41) is 8.92. The molecule has 0 fully saturated rings. The summed E-state index contributed by atoms with van der Waals surface area (Å²) in [6, 6.07) is 0. The zero-order chi connectivity index (χ0) is 9.30. The van der Waals surface area contributed by atoms with E-state index >= 15 is 0 Å². The summed E-state index contributed by atoms with van der Waals surface area (Å²) in [5.74, 6) is -0.412. The molecule has 0 unspecified atom stereocenters. The van der Waals surface area contributed by atoms with E-state index < -0.39 is 23.3 Å². The van der Waals surface area contributed by atoms with Crippen molar-refractivity contribution in [3.63, 3.8) is 0 Å². The standard InChI is InChI=1S/C6H4BrF2NO2/c7-4-2(11)1-10-6(12)3(4)5(8)9/h1,5,11H,(H,10,12). The number of aromatic hydroxyl groups is 1. The van der Waals surface area contributed by atoms with Gasteiger partial charge in [-0.3, -0.25) is 4.79 Å². The first-order chi connectivity index (χ1) is 5.54. The van der Waals surface area contributed by atoms with E-state index in [2.05, 4.69) is 15.9 Å². The maximum Gasteiger partial charge on any atom is 0.270 e. The molecule has 3 nitrogen and oxygen atoms in total. The highest BCUT2D eigenvalue weighted by Gasteiger charge is 2.18. The van der Waals surface area contributed by atoms with Crippen molar-refractivity contribution in [3.05, 3.63) is 26.6 Å². The van der Waals surface area contributed by atoms with Crippen LogP contribution in [0.1, 0.15) is 12.0 Å². The third-order valence-corrected chi connectivity index (χ3v) is 2.10. The van der Waals surface area contributed by atoms with Gasteiger partial charge in [0.25, 0.3) is 12.0 Å². The van der Waals surface area contributed by atoms with Crippen molar-refractivity contribution >= 4 is 15.9 Å². The van der Waals surface area contributed by atoms with Gasteiger partial charge in [0.05, 0.1) is 4.47 Å². The molecule has 1 heterocycles. The van der Waals surface area contributed by atoms with Gasteiger partial charge in [0, 0.05) is 6.20 Å². The molecule has 0 aliphatic rings. The van der Waals surface area contributed by atoms with Gasteiger partial charge in [0.2, 0.25) is 0 Å². The molecule has 0 aliphatic heterocycles. The third-order valence-electron chi connectivity index (χ3n) is 1.26. The molecule has 0 aromatic carbocycles. The van der Waals surface area contributed by atoms with Gasteiger partial charge in [-0.1, -0.05) is 0 Å². The third kappa shape index (κ3) is 1.47. The van der Waals surface area contributed by atoms with Crippen LogP contribution in [-0.2, 0) is 0 Å². The van der Waals surface area contributed by atoms with E-state index in [9.17, 15) is 13.6 Å². The molecule has 12 heavy (non-hydrogen) atoms. The van der Waals surface area contributed by atoms with Crippen molar-refractivity contribution in [1.82, 2.24) is 4.98 Å². The van der Waals surface area contributed by atoms with Crippen LogP contribution in [0, 0.1) is 0 Å². The summed E-state index contributed by atoms with van der Waals surface area (Å²) in [6.07, 6.45) is -1.96. The van der Waals surface area contributed by atoms with Crippen LogP contribution in [0.15, 0.2) is 15.5 Å². The van der Waals surface area contributed by atoms with E-state index in [1.807, 2.05) is 4.98 Å². The number of aromatic amines is 1. The first-order valence-corrected chi connectivity index (χ1v) is 3.71. The maximum atomic E-state index is 12.1. The predicted octanol–water partition coefficient (Wildman–Crippen LogP) is 1.78. The van der Waals surface area contributed by atoms with Gasteiger partial charge in [0.1, 0.15) is 11.3 Å². The number of rotatable bonds is 1. The molecule has 0 spiro atoms. The molecule has 0 saturated carbocycles. The number of nitrogens with one attached hydrogen (secondary N) is 1. The highest BCUT2D eigenvalue weighted by atomic mass is 79.9. The fourth-order valence-corrected chi connectivity index (χ4v) is 1.18. The molecule has 6 heteroatoms. The largest absolute Gasteiger partial charge is 0.505 e. The van der Waals surface area contributed by atoms with Crippen LogP contribution in [0.3, 0.4) is 0 Å². The van der Waals surface area contributed by atoms with Crippen LogP contribution >= 0.6 is 15.9 Å². The van der Waals surface area contributed by atoms with Crippen molar-refractivity contribution in [1.29, 1.82) is 0 Å². The van der Waals surface area contributed by atoms with Crippen LogP contribution in [0.2, 0.25) is 0 Å². The van der Waals surface area contributed by atoms with Gasteiger partial charge < -0.3 is 10.1 Å². The minimum atomic E-state index is -2.91. The zero-order valence-electron chi connectivity index (χ0n) is 5.64. The summed E-state index contributed by atoms with van der Waals surface area (Å²) < 4.78 is 24.0. The van der Waals surface area contributed by atoms with E-state index in [-0.39, 0.29) is 4.47 Å². The van der Waals surface area contributed by atoms with Crippen LogP contribution in [0.5, 0.6) is 5.75 Å². The normalized spacial score (nSPS) is 10.7. The average Bonchev–Trinajstić information content (AvgIpc) is 1.97. The quantitative estimate of drug-likeness (QED) is 0.785. The Morgan fingerprint density at radius 2 is 2.17 bits per heavy atom. The number of H-pyrrole nitrogens is 1. The Labute approximate surface area is 74.2 Å². The van der Waals surface area contributed by atoms with Crippen molar-refractivity contribution in [2.24, 2.45) is 0 Å². The molecule has 1 aromatic heterocycles. The predicted molar refractivity (Wildman–Crippen MR) is 41.4 cm³/mol. The van der Waals surface area contributed by atoms with Crippen LogP contribution in [-0.4, -0.2) is 10.1 Å². The van der Waals surface area contributed by atoms with E-state index in [0.717, 1.165) is 6.20 Å². The van der Waals surface area contributed by atoms with Gasteiger partial charge in [-0.25, -0.2) is 8.78 Å². The fraction of sp³-hybridized carbons (Fsp3) is 0.167. The summed E-state index contributed by atoms with van der Waals surface area (Å²) in [6.45, 7) is 0. The van der Waals surface area contributed by atoms with Gasteiger partial charge in [-0.2, -0.15) is 0 Å². The van der Waals surface area contributed by atoms with Gasteiger partial charge in [-0.15, -0.1) is 0 Å². The van der Waals surface area contributed by atoms with Gasteiger partial charge in [-0.05, 0) is 15.9 Å². The second kappa shape index (κ2) is 3.22. The lowest BCUT2D eigenvalue weighted by molar-refractivity contribution is 0.148. The molecule has 1 aromatic rings. The molecule has 66 valence electrons. The van der Waals surface area contributed by atoms with Crippen LogP contribution in [0.4, 0.5) is 8.78 Å². The number of aromatic nitrogens is 1. The van der Waals surface area contributed by atoms with Crippen molar-refractivity contribution < 1.29 is 13.9 Å². The van der Waals surface area contributed by atoms with Crippen molar-refractivity contribution in [2.75, 3.05) is 0 Å². The number of halogens is 3. The Kier molecular flexibility index (Phi) is 2.46. The van der Waals surface area contributed by atoms with Crippen LogP contribution < -0.4 is 5.56 Å². The molecule has 0 saturated heterocycles. The lowest BCUT2D eigenvalue weighted by atomic mass is 10.3. The lowest BCUT2D eigenvalue weighted by Crippen LogP contribution is -2.12. The Morgan fingerprint density at radius 1 is 1.58 bits per heavy atom. The monoisotopic (exact) mass is 239 g/mol. The molecule has 1 rings (SSSR count). The Morgan fingerprint density at radius 3 is 2.58 bits per heavy atom. The number of pyridine rings is 1. The minimum absolute atomic E-state index is 0.263. The molecular weight excluding hydrogens is 236 g/mol. The maximum absolute atomic E-state index is 12.1. The Bertz CT molecular complexity index is 350. The Balaban J connectivity index is 3.43. The molecule has 2 N–H and O–H groups in total. The fourth-order valence-electron chi connectivity index (χ4n) is 0.708. The highest BCUT2D eigenvalue weighted by Crippen LogP contribution is 2.29. The van der Waals surface area contributed by atoms with Crippen molar-refractivity contribution in [3.8, 4) is 5.75 Å². The molecule has 0 radical (unpaired) electrons. The second-order valence-corrected chi connectivity index (χ2v) is 2.82. The summed E-state index contributed by atoms with van der Waals surface area (Å²) in [7, 11) is 0. The molecular formula is C6H4BrF2NO2. The van der Waals surface area contributed by atoms with E-state index in [1.54, 1.807) is 0 Å². The van der Waals surface area contributed by atoms with Crippen molar-refractivity contribution in [2.45, 2.75) is 6.43 Å². The first kappa shape index (κ1) is 9.18. The summed E-state index contributed by atoms with van der Waals surface area (Å²) in [4.78, 5) is 12.7. The average molecular weight is 240 g/mol. The van der Waals surface area contributed by atoms with E-state index in [0.29, 0.717) is 0 Å². The van der Waals surface area contributed by atoms with Crippen LogP contribution in [0.25, 0.3) is 0 Å². The number of hydrogen-bond acceptors (Lipinski definition) is 2. The second-order valence-electron chi connectivity index (χ2n) is 2.03. The molecule has 0 atom stereocenters. The minimum Gasteiger partial charge on any atom is -0.505 e. The number of alkyl halides is 2. The topological polar surface area (TPSA) is 53.1 Å². The smallest absolute Gasteiger partial charge is 0.270 e. The summed E-state index contributed by atoms with van der Waals surface area (Å²) in [5.41, 5.74) is -1.66. The molecule has 0 bridgehead atoms. The summed E-state index contributed by atoms with van der Waals surface area (Å²) >= 11 is 2.68. The zero-order valence-corrected chi connectivity index (χ0v) is 7.23. The lowest BCUT2D eigenvalue weighted by Gasteiger charge is -2.02. The number of hydrogen-bond donors (Lipinski definition) is 2.